The molecule has 1 saturated heterocycles. The molecule has 0 aromatic heterocycles. The second-order valence-electron chi connectivity index (χ2n) is 4.74. The van der Waals surface area contributed by atoms with Crippen LogP contribution in [-0.4, -0.2) is 43.4 Å². The number of halogens is 3. The predicted molar refractivity (Wildman–Crippen MR) is 69.6 cm³/mol. The highest BCUT2D eigenvalue weighted by atomic mass is 19.4. The Hall–Kier alpha value is -1.92. The number of piperazine rings is 1. The molecule has 1 aliphatic heterocycles. The first-order valence-corrected chi connectivity index (χ1v) is 6.30. The number of carbonyl (C=O) groups excluding carboxylic acids is 1. The molecule has 0 atom stereocenters. The van der Waals surface area contributed by atoms with Gasteiger partial charge in [0.1, 0.15) is 0 Å². The number of nitrogens with one attached hydrogen (secondary N) is 1. The van der Waals surface area contributed by atoms with Gasteiger partial charge < -0.3 is 9.80 Å². The third-order valence-corrected chi connectivity index (χ3v) is 3.18. The zero-order chi connectivity index (χ0) is 14.8. The van der Waals surface area contributed by atoms with Crippen molar-refractivity contribution >= 4 is 11.7 Å². The van der Waals surface area contributed by atoms with E-state index in [1.54, 1.807) is 0 Å². The third kappa shape index (κ3) is 3.79. The highest BCUT2D eigenvalue weighted by molar-refractivity contribution is 5.74. The van der Waals surface area contributed by atoms with Gasteiger partial charge in [0, 0.05) is 31.9 Å². The molecule has 4 nitrogen and oxygen atoms in total. The Morgan fingerprint density at radius 3 is 2.40 bits per heavy atom. The summed E-state index contributed by atoms with van der Waals surface area (Å²) in [6.45, 7) is 3.58. The van der Waals surface area contributed by atoms with Gasteiger partial charge in [0.25, 0.3) is 0 Å². The van der Waals surface area contributed by atoms with E-state index in [2.05, 4.69) is 4.90 Å². The molecule has 1 heterocycles. The molecule has 1 aromatic rings. The average molecular weight is 287 g/mol. The molecule has 0 bridgehead atoms. The molecule has 20 heavy (non-hydrogen) atoms. The Morgan fingerprint density at radius 1 is 1.20 bits per heavy atom. The molecular formula is C13H16F3N3O. The molecule has 0 radical (unpaired) electrons. The number of nitrogens with zero attached hydrogens (tertiary/aromatic N) is 2. The Labute approximate surface area is 115 Å². The molecular weight excluding hydrogens is 271 g/mol. The largest absolute Gasteiger partial charge is 0.485 e. The minimum Gasteiger partial charge on any atom is -0.368 e. The summed E-state index contributed by atoms with van der Waals surface area (Å²) in [5, 5.41) is 1.02. The lowest BCUT2D eigenvalue weighted by molar-refractivity contribution is -0.147. The summed E-state index contributed by atoms with van der Waals surface area (Å²) in [7, 11) is 0. The lowest BCUT2D eigenvalue weighted by Gasteiger charge is -2.36. The highest BCUT2D eigenvalue weighted by Gasteiger charge is 2.33. The lowest BCUT2D eigenvalue weighted by atomic mass is 10.2. The van der Waals surface area contributed by atoms with Gasteiger partial charge in [-0.3, -0.25) is 0 Å². The fourth-order valence-corrected chi connectivity index (χ4v) is 2.19. The number of rotatable bonds is 1. The first-order valence-electron chi connectivity index (χ1n) is 6.30. The zero-order valence-corrected chi connectivity index (χ0v) is 11.1. The predicted octanol–water partition coefficient (Wildman–Crippen LogP) is 2.35. The van der Waals surface area contributed by atoms with Crippen LogP contribution in [0.2, 0.25) is 0 Å². The molecule has 7 heteroatoms. The van der Waals surface area contributed by atoms with Crippen LogP contribution in [0.1, 0.15) is 5.56 Å². The molecule has 1 fully saturated rings. The van der Waals surface area contributed by atoms with Crippen LogP contribution in [0.3, 0.4) is 0 Å². The van der Waals surface area contributed by atoms with Crippen molar-refractivity contribution < 1.29 is 18.0 Å². The number of amides is 2. The van der Waals surface area contributed by atoms with Crippen molar-refractivity contribution in [3.05, 3.63) is 29.8 Å². The van der Waals surface area contributed by atoms with Gasteiger partial charge >= 0.3 is 12.3 Å². The number of urea groups is 1. The zero-order valence-electron chi connectivity index (χ0n) is 11.1. The van der Waals surface area contributed by atoms with Crippen LogP contribution in [-0.2, 0) is 0 Å². The molecule has 0 unspecified atom stereocenters. The molecule has 1 aromatic carbocycles. The normalized spacial score (nSPS) is 16.2. The van der Waals surface area contributed by atoms with Crippen molar-refractivity contribution in [2.75, 3.05) is 31.1 Å². The quantitative estimate of drug-likeness (QED) is 0.805. The number of anilines is 1. The van der Waals surface area contributed by atoms with Crippen LogP contribution >= 0.6 is 0 Å². The van der Waals surface area contributed by atoms with Crippen LogP contribution in [0.4, 0.5) is 23.7 Å². The van der Waals surface area contributed by atoms with E-state index < -0.39 is 12.3 Å². The summed E-state index contributed by atoms with van der Waals surface area (Å²) in [5.74, 6) is 0. The number of alkyl halides is 3. The SMILES string of the molecule is Cc1cccc(N2CCN(C(=O)NC(F)(F)F)CC2)c1. The first kappa shape index (κ1) is 14.5. The van der Waals surface area contributed by atoms with E-state index >= 15 is 0 Å². The van der Waals surface area contributed by atoms with Crippen molar-refractivity contribution in [3.63, 3.8) is 0 Å². The second kappa shape index (κ2) is 5.60. The van der Waals surface area contributed by atoms with E-state index in [4.69, 9.17) is 0 Å². The summed E-state index contributed by atoms with van der Waals surface area (Å²) in [6, 6.07) is 6.81. The summed E-state index contributed by atoms with van der Waals surface area (Å²) in [4.78, 5) is 14.6. The number of hydrogen-bond acceptors (Lipinski definition) is 2. The monoisotopic (exact) mass is 287 g/mol. The number of hydrogen-bond donors (Lipinski definition) is 1. The van der Waals surface area contributed by atoms with Gasteiger partial charge in [0.2, 0.25) is 0 Å². The smallest absolute Gasteiger partial charge is 0.368 e. The van der Waals surface area contributed by atoms with Crippen LogP contribution in [0, 0.1) is 6.92 Å². The van der Waals surface area contributed by atoms with Crippen LogP contribution in [0.5, 0.6) is 0 Å². The van der Waals surface area contributed by atoms with Gasteiger partial charge in [0.05, 0.1) is 0 Å². The standard InChI is InChI=1S/C13H16F3N3O/c1-10-3-2-4-11(9-10)18-5-7-19(8-6-18)12(20)17-13(14,15)16/h2-4,9H,5-8H2,1H3,(H,17,20). The fraction of sp³-hybridized carbons (Fsp3) is 0.462. The number of benzene rings is 1. The Bertz CT molecular complexity index is 482. The highest BCUT2D eigenvalue weighted by Crippen LogP contribution is 2.18. The molecule has 1 N–H and O–H groups in total. The fourth-order valence-electron chi connectivity index (χ4n) is 2.19. The van der Waals surface area contributed by atoms with E-state index in [0.717, 1.165) is 16.6 Å². The summed E-state index contributed by atoms with van der Waals surface area (Å²) >= 11 is 0. The van der Waals surface area contributed by atoms with Crippen molar-refractivity contribution in [2.45, 2.75) is 13.2 Å². The van der Waals surface area contributed by atoms with E-state index in [-0.39, 0.29) is 13.1 Å². The number of carbonyl (C=O) groups is 1. The second-order valence-corrected chi connectivity index (χ2v) is 4.74. The maximum atomic E-state index is 12.1. The topological polar surface area (TPSA) is 35.6 Å². The van der Waals surface area contributed by atoms with E-state index in [0.29, 0.717) is 13.1 Å². The summed E-state index contributed by atoms with van der Waals surface area (Å²) < 4.78 is 36.2. The van der Waals surface area contributed by atoms with Gasteiger partial charge in [-0.25, -0.2) is 10.1 Å². The van der Waals surface area contributed by atoms with Crippen molar-refractivity contribution in [1.29, 1.82) is 0 Å². The van der Waals surface area contributed by atoms with Crippen molar-refractivity contribution in [3.8, 4) is 0 Å². The minimum absolute atomic E-state index is 0.274. The van der Waals surface area contributed by atoms with Crippen molar-refractivity contribution in [1.82, 2.24) is 10.2 Å². The molecule has 2 rings (SSSR count). The van der Waals surface area contributed by atoms with Gasteiger partial charge in [-0.1, -0.05) is 12.1 Å². The number of aryl methyl sites for hydroxylation is 1. The van der Waals surface area contributed by atoms with Crippen LogP contribution in [0.15, 0.2) is 24.3 Å². The Balaban J connectivity index is 1.91. The summed E-state index contributed by atoms with van der Waals surface area (Å²) in [6.07, 6.45) is -4.68. The van der Waals surface area contributed by atoms with Crippen LogP contribution < -0.4 is 10.2 Å². The molecule has 1 aliphatic rings. The van der Waals surface area contributed by atoms with Gasteiger partial charge in [-0.2, -0.15) is 13.2 Å². The molecule has 0 aliphatic carbocycles. The first-order chi connectivity index (χ1) is 9.35. The average Bonchev–Trinajstić information content (AvgIpc) is 2.37. The maximum absolute atomic E-state index is 12.1. The van der Waals surface area contributed by atoms with Gasteiger partial charge in [0.15, 0.2) is 0 Å². The van der Waals surface area contributed by atoms with Crippen molar-refractivity contribution in [2.24, 2.45) is 0 Å². The van der Waals surface area contributed by atoms with Crippen LogP contribution in [0.25, 0.3) is 0 Å². The van der Waals surface area contributed by atoms with E-state index in [1.165, 1.54) is 4.90 Å². The minimum atomic E-state index is -4.68. The molecule has 2 amide bonds. The van der Waals surface area contributed by atoms with Gasteiger partial charge in [-0.05, 0) is 24.6 Å². The summed E-state index contributed by atoms with van der Waals surface area (Å²) in [5.41, 5.74) is 2.15. The lowest BCUT2D eigenvalue weighted by Crippen LogP contribution is -2.54. The van der Waals surface area contributed by atoms with E-state index in [1.807, 2.05) is 31.2 Å². The molecule has 0 spiro atoms. The Kier molecular flexibility index (Phi) is 4.06. The Morgan fingerprint density at radius 2 is 1.85 bits per heavy atom. The maximum Gasteiger partial charge on any atom is 0.485 e. The van der Waals surface area contributed by atoms with Gasteiger partial charge in [-0.15, -0.1) is 0 Å². The third-order valence-electron chi connectivity index (χ3n) is 3.18. The molecule has 110 valence electrons. The molecule has 0 saturated carbocycles. The van der Waals surface area contributed by atoms with E-state index in [9.17, 15) is 18.0 Å².